The van der Waals surface area contributed by atoms with Gasteiger partial charge in [-0.25, -0.2) is 4.79 Å². The highest BCUT2D eigenvalue weighted by Gasteiger charge is 2.28. The number of benzene rings is 1. The minimum absolute atomic E-state index is 0.0670. The zero-order valence-electron chi connectivity index (χ0n) is 17.0. The normalized spacial score (nSPS) is 13.8. The molecule has 0 fully saturated rings. The van der Waals surface area contributed by atoms with Gasteiger partial charge in [0.15, 0.2) is 0 Å². The number of carboxylic acids is 1. The summed E-state index contributed by atoms with van der Waals surface area (Å²) in [5.74, 6) is -2.74. The molecule has 0 saturated carbocycles. The fraction of sp³-hybridized carbons (Fsp3) is 0.500. The van der Waals surface area contributed by atoms with Gasteiger partial charge in [0.1, 0.15) is 18.1 Å². The van der Waals surface area contributed by atoms with E-state index in [0.29, 0.717) is 6.42 Å². The molecule has 0 saturated heterocycles. The van der Waals surface area contributed by atoms with E-state index < -0.39 is 41.8 Å². The fourth-order valence-corrected chi connectivity index (χ4v) is 2.69. The van der Waals surface area contributed by atoms with E-state index in [1.165, 1.54) is 6.92 Å². The van der Waals surface area contributed by atoms with Crippen molar-refractivity contribution >= 4 is 23.7 Å². The van der Waals surface area contributed by atoms with E-state index in [2.05, 4.69) is 16.0 Å². The van der Waals surface area contributed by atoms with Gasteiger partial charge in [-0.1, -0.05) is 44.2 Å². The first-order valence-corrected chi connectivity index (χ1v) is 9.50. The largest absolute Gasteiger partial charge is 0.480 e. The van der Waals surface area contributed by atoms with Crippen LogP contribution in [0.5, 0.6) is 0 Å². The fourth-order valence-electron chi connectivity index (χ4n) is 2.69. The molecular formula is C20H30N4O5. The lowest BCUT2D eigenvalue weighted by Crippen LogP contribution is -2.56. The van der Waals surface area contributed by atoms with Gasteiger partial charge in [-0.05, 0) is 24.8 Å². The van der Waals surface area contributed by atoms with Crippen LogP contribution in [0, 0.1) is 5.92 Å². The Hall–Kier alpha value is -2.94. The zero-order chi connectivity index (χ0) is 22.0. The summed E-state index contributed by atoms with van der Waals surface area (Å²) in [5.41, 5.74) is 5.99. The van der Waals surface area contributed by atoms with E-state index in [-0.39, 0.29) is 18.9 Å². The Balaban J connectivity index is 2.84. The lowest BCUT2D eigenvalue weighted by molar-refractivity contribution is -0.142. The summed E-state index contributed by atoms with van der Waals surface area (Å²) < 4.78 is 0. The average Bonchev–Trinajstić information content (AvgIpc) is 2.66. The Labute approximate surface area is 170 Å². The highest BCUT2D eigenvalue weighted by atomic mass is 16.4. The van der Waals surface area contributed by atoms with Crippen LogP contribution in [0.15, 0.2) is 30.3 Å². The van der Waals surface area contributed by atoms with E-state index >= 15 is 0 Å². The minimum atomic E-state index is -1.17. The maximum atomic E-state index is 12.7. The predicted octanol–water partition coefficient (Wildman–Crippen LogP) is -0.207. The molecule has 3 amide bonds. The lowest BCUT2D eigenvalue weighted by atomic mass is 10.0. The second-order valence-corrected chi connectivity index (χ2v) is 7.27. The third kappa shape index (κ3) is 8.73. The number of rotatable bonds is 11. The number of nitrogens with two attached hydrogens (primary N) is 1. The topological polar surface area (TPSA) is 151 Å². The Morgan fingerprint density at radius 3 is 2.03 bits per heavy atom. The van der Waals surface area contributed by atoms with Crippen LogP contribution in [0.4, 0.5) is 0 Å². The monoisotopic (exact) mass is 406 g/mol. The molecule has 6 N–H and O–H groups in total. The number of amides is 3. The van der Waals surface area contributed by atoms with Crippen LogP contribution in [0.3, 0.4) is 0 Å². The number of carboxylic acid groups (broad SMARTS) is 1. The second kappa shape index (κ2) is 11.8. The zero-order valence-corrected chi connectivity index (χ0v) is 17.0. The molecular weight excluding hydrogens is 376 g/mol. The standard InChI is InChI=1S/C20H30N4O5/c1-12(2)9-15(23-18(26)13(3)22-17(25)11-21)19(27)24-16(20(28)29)10-14-7-5-4-6-8-14/h4-8,12-13,15-16H,9-11,21H2,1-3H3,(H,22,25)(H,23,26)(H,24,27)(H,28,29). The maximum Gasteiger partial charge on any atom is 0.326 e. The van der Waals surface area contributed by atoms with Crippen molar-refractivity contribution in [1.82, 2.24) is 16.0 Å². The molecule has 1 aromatic carbocycles. The molecule has 0 radical (unpaired) electrons. The third-order valence-corrected chi connectivity index (χ3v) is 4.19. The van der Waals surface area contributed by atoms with E-state index in [1.807, 2.05) is 19.9 Å². The number of hydrogen-bond donors (Lipinski definition) is 5. The highest BCUT2D eigenvalue weighted by molar-refractivity contribution is 5.93. The first-order chi connectivity index (χ1) is 13.6. The van der Waals surface area contributed by atoms with Gasteiger partial charge in [-0.2, -0.15) is 0 Å². The molecule has 0 bridgehead atoms. The number of nitrogens with one attached hydrogen (secondary N) is 3. The van der Waals surface area contributed by atoms with Crippen molar-refractivity contribution in [2.24, 2.45) is 11.7 Å². The smallest absolute Gasteiger partial charge is 0.326 e. The van der Waals surface area contributed by atoms with E-state index in [9.17, 15) is 24.3 Å². The van der Waals surface area contributed by atoms with Gasteiger partial charge in [0.25, 0.3) is 0 Å². The van der Waals surface area contributed by atoms with Crippen LogP contribution in [0.25, 0.3) is 0 Å². The molecule has 3 atom stereocenters. The predicted molar refractivity (Wildman–Crippen MR) is 108 cm³/mol. The van der Waals surface area contributed by atoms with E-state index in [4.69, 9.17) is 5.73 Å². The Morgan fingerprint density at radius 1 is 0.931 bits per heavy atom. The van der Waals surface area contributed by atoms with Gasteiger partial charge in [0, 0.05) is 6.42 Å². The molecule has 9 heteroatoms. The van der Waals surface area contributed by atoms with Gasteiger partial charge in [-0.15, -0.1) is 0 Å². The van der Waals surface area contributed by atoms with Crippen LogP contribution in [0.1, 0.15) is 32.8 Å². The number of hydrogen-bond acceptors (Lipinski definition) is 5. The average molecular weight is 406 g/mol. The van der Waals surface area contributed by atoms with Crippen LogP contribution in [0.2, 0.25) is 0 Å². The van der Waals surface area contributed by atoms with Gasteiger partial charge in [0.05, 0.1) is 6.54 Å². The van der Waals surface area contributed by atoms with Crippen LogP contribution >= 0.6 is 0 Å². The van der Waals surface area contributed by atoms with E-state index in [0.717, 1.165) is 5.56 Å². The molecule has 160 valence electrons. The summed E-state index contributed by atoms with van der Waals surface area (Å²) in [6.07, 6.45) is 0.431. The number of aliphatic carboxylic acids is 1. The van der Waals surface area contributed by atoms with Crippen LogP contribution in [-0.4, -0.2) is 53.5 Å². The SMILES string of the molecule is CC(C)CC(NC(=O)C(C)NC(=O)CN)C(=O)NC(Cc1ccccc1)C(=O)O. The molecule has 0 aliphatic carbocycles. The molecule has 0 aliphatic heterocycles. The summed E-state index contributed by atoms with van der Waals surface area (Å²) in [6.45, 7) is 4.98. The Morgan fingerprint density at radius 2 is 1.52 bits per heavy atom. The Kier molecular flexibility index (Phi) is 9.81. The first-order valence-electron chi connectivity index (χ1n) is 9.50. The molecule has 0 aliphatic rings. The summed E-state index contributed by atoms with van der Waals surface area (Å²) in [7, 11) is 0. The van der Waals surface area contributed by atoms with Gasteiger partial charge in [0.2, 0.25) is 17.7 Å². The van der Waals surface area contributed by atoms with Crippen molar-refractivity contribution in [3.05, 3.63) is 35.9 Å². The molecule has 0 heterocycles. The Bertz CT molecular complexity index is 708. The van der Waals surface area contributed by atoms with Gasteiger partial charge < -0.3 is 26.8 Å². The summed E-state index contributed by atoms with van der Waals surface area (Å²) >= 11 is 0. The van der Waals surface area contributed by atoms with Crippen molar-refractivity contribution in [3.63, 3.8) is 0 Å². The molecule has 0 spiro atoms. The van der Waals surface area contributed by atoms with Crippen molar-refractivity contribution in [2.45, 2.75) is 51.7 Å². The van der Waals surface area contributed by atoms with Gasteiger partial charge >= 0.3 is 5.97 Å². The molecule has 1 rings (SSSR count). The highest BCUT2D eigenvalue weighted by Crippen LogP contribution is 2.08. The molecule has 0 aromatic heterocycles. The maximum absolute atomic E-state index is 12.7. The lowest BCUT2D eigenvalue weighted by Gasteiger charge is -2.24. The van der Waals surface area contributed by atoms with Crippen molar-refractivity contribution in [1.29, 1.82) is 0 Å². The van der Waals surface area contributed by atoms with Crippen LogP contribution < -0.4 is 21.7 Å². The van der Waals surface area contributed by atoms with Crippen molar-refractivity contribution < 1.29 is 24.3 Å². The van der Waals surface area contributed by atoms with Gasteiger partial charge in [-0.3, -0.25) is 14.4 Å². The molecule has 9 nitrogen and oxygen atoms in total. The summed E-state index contributed by atoms with van der Waals surface area (Å²) in [5, 5.41) is 17.0. The summed E-state index contributed by atoms with van der Waals surface area (Å²) in [6, 6.07) is 5.99. The summed E-state index contributed by atoms with van der Waals surface area (Å²) in [4.78, 5) is 48.0. The van der Waals surface area contributed by atoms with Crippen LogP contribution in [-0.2, 0) is 25.6 Å². The molecule has 3 unspecified atom stereocenters. The molecule has 1 aromatic rings. The number of carbonyl (C=O) groups excluding carboxylic acids is 3. The quantitative estimate of drug-likeness (QED) is 0.343. The van der Waals surface area contributed by atoms with Crippen molar-refractivity contribution in [3.8, 4) is 0 Å². The van der Waals surface area contributed by atoms with Crippen molar-refractivity contribution in [2.75, 3.05) is 6.54 Å². The third-order valence-electron chi connectivity index (χ3n) is 4.19. The minimum Gasteiger partial charge on any atom is -0.480 e. The van der Waals surface area contributed by atoms with E-state index in [1.54, 1.807) is 24.3 Å². The second-order valence-electron chi connectivity index (χ2n) is 7.27. The first kappa shape index (κ1) is 24.1. The number of carbonyl (C=O) groups is 4. The molecule has 29 heavy (non-hydrogen) atoms.